The Balaban J connectivity index is 1.71. The molecule has 0 aliphatic carbocycles. The minimum absolute atomic E-state index is 0.111. The van der Waals surface area contributed by atoms with Crippen molar-refractivity contribution < 1.29 is 4.79 Å². The van der Waals surface area contributed by atoms with E-state index in [0.29, 0.717) is 6.54 Å². The molecule has 0 aliphatic rings. The summed E-state index contributed by atoms with van der Waals surface area (Å²) in [6, 6.07) is 0. The molecule has 1 amide bonds. The summed E-state index contributed by atoms with van der Waals surface area (Å²) in [4.78, 5) is 22.3. The average molecular weight is 248 g/mol. The Labute approximate surface area is 103 Å². The number of hydrogen-bond donors (Lipinski definition) is 2. The standard InChI is InChI=1S/C11H12N4OS/c16-10(1-2-11-14-5-6-17-11)13-4-3-9-7-12-8-15-9/h1-2,5-8H,3-4H2,(H,12,15)(H,13,16). The number of H-pyrrole nitrogens is 1. The number of nitrogens with zero attached hydrogens (tertiary/aromatic N) is 2. The molecular formula is C11H12N4OS. The van der Waals surface area contributed by atoms with Crippen LogP contribution in [0.3, 0.4) is 0 Å². The molecule has 6 heteroatoms. The second-order valence-corrected chi connectivity index (χ2v) is 4.25. The van der Waals surface area contributed by atoms with Crippen LogP contribution in [0.1, 0.15) is 10.7 Å². The number of aromatic nitrogens is 3. The zero-order chi connectivity index (χ0) is 11.9. The normalized spacial score (nSPS) is 10.8. The van der Waals surface area contributed by atoms with Crippen molar-refractivity contribution in [2.24, 2.45) is 0 Å². The summed E-state index contributed by atoms with van der Waals surface area (Å²) < 4.78 is 0. The minimum Gasteiger partial charge on any atom is -0.352 e. The van der Waals surface area contributed by atoms with Crippen LogP contribution in [0.15, 0.2) is 30.2 Å². The molecule has 2 aromatic rings. The van der Waals surface area contributed by atoms with Crippen LogP contribution in [0.2, 0.25) is 0 Å². The van der Waals surface area contributed by atoms with Crippen LogP contribution in [0, 0.1) is 0 Å². The first-order chi connectivity index (χ1) is 8.34. The van der Waals surface area contributed by atoms with E-state index < -0.39 is 0 Å². The van der Waals surface area contributed by atoms with Gasteiger partial charge in [-0.15, -0.1) is 11.3 Å². The molecule has 88 valence electrons. The first kappa shape index (κ1) is 11.5. The summed E-state index contributed by atoms with van der Waals surface area (Å²) >= 11 is 1.50. The molecule has 0 bridgehead atoms. The van der Waals surface area contributed by atoms with Gasteiger partial charge in [0.1, 0.15) is 5.01 Å². The second kappa shape index (κ2) is 5.95. The first-order valence-corrected chi connectivity index (χ1v) is 6.05. The summed E-state index contributed by atoms with van der Waals surface area (Å²) in [5.41, 5.74) is 1.01. The van der Waals surface area contributed by atoms with Gasteiger partial charge in [-0.3, -0.25) is 4.79 Å². The number of nitrogens with one attached hydrogen (secondary N) is 2. The van der Waals surface area contributed by atoms with Crippen LogP contribution in [-0.4, -0.2) is 27.4 Å². The zero-order valence-corrected chi connectivity index (χ0v) is 9.91. The highest BCUT2D eigenvalue weighted by molar-refractivity contribution is 7.10. The largest absolute Gasteiger partial charge is 0.352 e. The number of imidazole rings is 1. The van der Waals surface area contributed by atoms with E-state index in [1.54, 1.807) is 24.8 Å². The molecule has 0 atom stereocenters. The fraction of sp³-hybridized carbons (Fsp3) is 0.182. The van der Waals surface area contributed by atoms with Crippen LogP contribution in [0.5, 0.6) is 0 Å². The van der Waals surface area contributed by atoms with Crippen LogP contribution < -0.4 is 5.32 Å². The van der Waals surface area contributed by atoms with Crippen molar-refractivity contribution in [3.8, 4) is 0 Å². The van der Waals surface area contributed by atoms with Crippen LogP contribution in [0.25, 0.3) is 6.08 Å². The van der Waals surface area contributed by atoms with Gasteiger partial charge in [0.2, 0.25) is 5.91 Å². The molecule has 17 heavy (non-hydrogen) atoms. The molecule has 0 saturated heterocycles. The van der Waals surface area contributed by atoms with Crippen molar-refractivity contribution in [2.75, 3.05) is 6.54 Å². The predicted molar refractivity (Wildman–Crippen MR) is 66.4 cm³/mol. The molecule has 2 aromatic heterocycles. The zero-order valence-electron chi connectivity index (χ0n) is 9.09. The van der Waals surface area contributed by atoms with Gasteiger partial charge in [-0.2, -0.15) is 0 Å². The Morgan fingerprint density at radius 2 is 2.53 bits per heavy atom. The summed E-state index contributed by atoms with van der Waals surface area (Å²) in [7, 11) is 0. The summed E-state index contributed by atoms with van der Waals surface area (Å²) in [6.45, 7) is 0.587. The minimum atomic E-state index is -0.111. The Hall–Kier alpha value is -1.95. The monoisotopic (exact) mass is 248 g/mol. The van der Waals surface area contributed by atoms with Gasteiger partial charge in [-0.05, 0) is 6.08 Å². The summed E-state index contributed by atoms with van der Waals surface area (Å²) in [5, 5.41) is 5.49. The average Bonchev–Trinajstić information content (AvgIpc) is 2.99. The van der Waals surface area contributed by atoms with E-state index in [1.165, 1.54) is 17.4 Å². The van der Waals surface area contributed by atoms with Crippen molar-refractivity contribution in [2.45, 2.75) is 6.42 Å². The topological polar surface area (TPSA) is 70.7 Å². The van der Waals surface area contributed by atoms with Crippen molar-refractivity contribution in [1.82, 2.24) is 20.3 Å². The van der Waals surface area contributed by atoms with E-state index in [9.17, 15) is 4.79 Å². The lowest BCUT2D eigenvalue weighted by Crippen LogP contribution is -2.23. The van der Waals surface area contributed by atoms with E-state index in [1.807, 2.05) is 5.38 Å². The second-order valence-electron chi connectivity index (χ2n) is 3.32. The van der Waals surface area contributed by atoms with E-state index in [4.69, 9.17) is 0 Å². The maximum atomic E-state index is 11.4. The number of rotatable bonds is 5. The lowest BCUT2D eigenvalue weighted by atomic mass is 10.3. The van der Waals surface area contributed by atoms with Gasteiger partial charge in [-0.1, -0.05) is 0 Å². The Morgan fingerprint density at radius 1 is 1.59 bits per heavy atom. The van der Waals surface area contributed by atoms with Crippen LogP contribution in [-0.2, 0) is 11.2 Å². The third kappa shape index (κ3) is 3.84. The molecule has 0 aromatic carbocycles. The maximum Gasteiger partial charge on any atom is 0.244 e. The van der Waals surface area contributed by atoms with Gasteiger partial charge < -0.3 is 10.3 Å². The van der Waals surface area contributed by atoms with Crippen molar-refractivity contribution in [3.63, 3.8) is 0 Å². The third-order valence-corrected chi connectivity index (χ3v) is 2.82. The fourth-order valence-electron chi connectivity index (χ4n) is 1.26. The van der Waals surface area contributed by atoms with Gasteiger partial charge in [0.15, 0.2) is 0 Å². The number of carbonyl (C=O) groups is 1. The van der Waals surface area contributed by atoms with E-state index in [-0.39, 0.29) is 5.91 Å². The number of aromatic amines is 1. The maximum absolute atomic E-state index is 11.4. The van der Waals surface area contributed by atoms with Gasteiger partial charge in [0.05, 0.1) is 6.33 Å². The van der Waals surface area contributed by atoms with Crippen LogP contribution >= 0.6 is 11.3 Å². The Bertz CT molecular complexity index is 476. The Kier molecular flexibility index (Phi) is 4.04. The summed E-state index contributed by atoms with van der Waals surface area (Å²) in [5.74, 6) is -0.111. The number of carbonyl (C=O) groups excluding carboxylic acids is 1. The third-order valence-electron chi connectivity index (χ3n) is 2.08. The molecule has 0 spiro atoms. The quantitative estimate of drug-likeness (QED) is 0.782. The highest BCUT2D eigenvalue weighted by Gasteiger charge is 1.97. The Morgan fingerprint density at radius 3 is 3.24 bits per heavy atom. The first-order valence-electron chi connectivity index (χ1n) is 5.17. The molecule has 5 nitrogen and oxygen atoms in total. The molecular weight excluding hydrogens is 236 g/mol. The molecule has 2 N–H and O–H groups in total. The van der Waals surface area contributed by atoms with Gasteiger partial charge in [-0.25, -0.2) is 9.97 Å². The lowest BCUT2D eigenvalue weighted by molar-refractivity contribution is -0.116. The van der Waals surface area contributed by atoms with E-state index in [0.717, 1.165) is 17.1 Å². The number of thiazole rings is 1. The lowest BCUT2D eigenvalue weighted by Gasteiger charge is -1.99. The fourth-order valence-corrected chi connectivity index (χ4v) is 1.79. The summed E-state index contributed by atoms with van der Waals surface area (Å²) in [6.07, 6.45) is 9.02. The SMILES string of the molecule is O=C(C=Cc1nccs1)NCCc1cnc[nH]1. The van der Waals surface area contributed by atoms with Gasteiger partial charge in [0.25, 0.3) is 0 Å². The molecule has 0 aliphatic heterocycles. The molecule has 2 rings (SSSR count). The van der Waals surface area contributed by atoms with E-state index >= 15 is 0 Å². The van der Waals surface area contributed by atoms with Crippen molar-refractivity contribution in [3.05, 3.63) is 40.9 Å². The highest BCUT2D eigenvalue weighted by Crippen LogP contribution is 2.05. The smallest absolute Gasteiger partial charge is 0.244 e. The van der Waals surface area contributed by atoms with Crippen molar-refractivity contribution >= 4 is 23.3 Å². The van der Waals surface area contributed by atoms with Gasteiger partial charge >= 0.3 is 0 Å². The van der Waals surface area contributed by atoms with Gasteiger partial charge in [0, 0.05) is 42.5 Å². The molecule has 2 heterocycles. The number of hydrogen-bond acceptors (Lipinski definition) is 4. The number of amides is 1. The van der Waals surface area contributed by atoms with E-state index in [2.05, 4.69) is 20.3 Å². The van der Waals surface area contributed by atoms with Crippen molar-refractivity contribution in [1.29, 1.82) is 0 Å². The molecule has 0 radical (unpaired) electrons. The van der Waals surface area contributed by atoms with Crippen LogP contribution in [0.4, 0.5) is 0 Å². The molecule has 0 unspecified atom stereocenters. The highest BCUT2D eigenvalue weighted by atomic mass is 32.1. The molecule has 0 fully saturated rings. The predicted octanol–water partition coefficient (Wildman–Crippen LogP) is 1.24. The molecule has 0 saturated carbocycles.